The molecule has 0 atom stereocenters. The first kappa shape index (κ1) is 14.2. The first-order valence-corrected chi connectivity index (χ1v) is 8.84. The Hall–Kier alpha value is -1.36. The minimum absolute atomic E-state index is 0.755. The number of hydrogen-bond donors (Lipinski definition) is 0. The van der Waals surface area contributed by atoms with Crippen molar-refractivity contribution in [2.45, 2.75) is 6.42 Å². The summed E-state index contributed by atoms with van der Waals surface area (Å²) in [6, 6.07) is 8.27. The summed E-state index contributed by atoms with van der Waals surface area (Å²) < 4.78 is 0. The quantitative estimate of drug-likeness (QED) is 0.734. The molecule has 1 fully saturated rings. The lowest BCUT2D eigenvalue weighted by atomic mass is 10.1. The molecule has 2 aliphatic rings. The number of benzene rings is 1. The van der Waals surface area contributed by atoms with Gasteiger partial charge in [-0.25, -0.2) is 4.99 Å². The molecule has 2 aliphatic heterocycles. The van der Waals surface area contributed by atoms with E-state index in [-0.39, 0.29) is 0 Å². The molecule has 114 valence electrons. The van der Waals surface area contributed by atoms with Gasteiger partial charge in [-0.1, -0.05) is 17.7 Å². The highest BCUT2D eigenvalue weighted by molar-refractivity contribution is 7.10. The van der Waals surface area contributed by atoms with Crippen LogP contribution >= 0.6 is 22.9 Å². The SMILES string of the molecule is CN1CCN(C2=Nc3cc(Cl)ccc3Cc3sccc32)CC1. The van der Waals surface area contributed by atoms with Gasteiger partial charge in [-0.15, -0.1) is 11.3 Å². The Morgan fingerprint density at radius 3 is 2.77 bits per heavy atom. The molecule has 5 heteroatoms. The first-order chi connectivity index (χ1) is 10.7. The topological polar surface area (TPSA) is 18.8 Å². The summed E-state index contributed by atoms with van der Waals surface area (Å²) in [6.45, 7) is 4.23. The fourth-order valence-corrected chi connectivity index (χ4v) is 4.13. The van der Waals surface area contributed by atoms with E-state index in [1.807, 2.05) is 23.5 Å². The molecule has 4 rings (SSSR count). The van der Waals surface area contributed by atoms with Gasteiger partial charge in [0, 0.05) is 48.1 Å². The summed E-state index contributed by atoms with van der Waals surface area (Å²) in [6.07, 6.45) is 0.945. The molecule has 0 radical (unpaired) electrons. The van der Waals surface area contributed by atoms with Gasteiger partial charge in [0.15, 0.2) is 0 Å². The molecule has 2 aromatic rings. The zero-order valence-electron chi connectivity index (χ0n) is 12.6. The second-order valence-electron chi connectivity index (χ2n) is 5.93. The number of aliphatic imine (C=N–C) groups is 1. The molecule has 1 aromatic heterocycles. The Kier molecular flexibility index (Phi) is 3.68. The first-order valence-electron chi connectivity index (χ1n) is 7.58. The third kappa shape index (κ3) is 2.56. The summed E-state index contributed by atoms with van der Waals surface area (Å²) in [5, 5.41) is 2.93. The molecule has 0 amide bonds. The second-order valence-corrected chi connectivity index (χ2v) is 7.37. The van der Waals surface area contributed by atoms with Gasteiger partial charge in [0.2, 0.25) is 0 Å². The Bertz CT molecular complexity index is 729. The standard InChI is InChI=1S/C17H18ClN3S/c1-20-5-7-21(8-6-20)17-14-4-9-22-16(14)10-12-2-3-13(18)11-15(12)19-17/h2-4,9,11H,5-8,10H2,1H3. The average Bonchev–Trinajstić information content (AvgIpc) is 2.91. The van der Waals surface area contributed by atoms with Crippen LogP contribution in [0.15, 0.2) is 34.6 Å². The smallest absolute Gasteiger partial charge is 0.137 e. The molecule has 0 bridgehead atoms. The molecule has 3 nitrogen and oxygen atoms in total. The van der Waals surface area contributed by atoms with Crippen LogP contribution in [0.2, 0.25) is 5.02 Å². The lowest BCUT2D eigenvalue weighted by Gasteiger charge is -2.34. The Morgan fingerprint density at radius 1 is 1.14 bits per heavy atom. The van der Waals surface area contributed by atoms with E-state index in [9.17, 15) is 0 Å². The molecule has 0 saturated carbocycles. The molecule has 0 N–H and O–H groups in total. The van der Waals surface area contributed by atoms with Gasteiger partial charge in [0.05, 0.1) is 5.69 Å². The number of likely N-dealkylation sites (N-methyl/N-ethyl adjacent to an activating group) is 1. The van der Waals surface area contributed by atoms with E-state index in [1.165, 1.54) is 16.0 Å². The average molecular weight is 332 g/mol. The number of hydrogen-bond acceptors (Lipinski definition) is 4. The van der Waals surface area contributed by atoms with Crippen LogP contribution in [-0.2, 0) is 6.42 Å². The van der Waals surface area contributed by atoms with E-state index in [0.717, 1.165) is 49.1 Å². The largest absolute Gasteiger partial charge is 0.354 e. The summed E-state index contributed by atoms with van der Waals surface area (Å²) in [7, 11) is 2.18. The summed E-state index contributed by atoms with van der Waals surface area (Å²) >= 11 is 8.00. The normalized spacial score (nSPS) is 18.5. The number of piperazine rings is 1. The Morgan fingerprint density at radius 2 is 1.95 bits per heavy atom. The predicted molar refractivity (Wildman–Crippen MR) is 93.8 cm³/mol. The highest BCUT2D eigenvalue weighted by Crippen LogP contribution is 2.34. The minimum Gasteiger partial charge on any atom is -0.354 e. The monoisotopic (exact) mass is 331 g/mol. The number of thiophene rings is 1. The maximum Gasteiger partial charge on any atom is 0.137 e. The van der Waals surface area contributed by atoms with Gasteiger partial charge in [0.1, 0.15) is 5.84 Å². The lowest BCUT2D eigenvalue weighted by molar-refractivity contribution is 0.216. The fraction of sp³-hybridized carbons (Fsp3) is 0.353. The van der Waals surface area contributed by atoms with E-state index in [0.29, 0.717) is 0 Å². The second kappa shape index (κ2) is 5.69. The van der Waals surface area contributed by atoms with Crippen LogP contribution in [0, 0.1) is 0 Å². The Labute approximate surface area is 139 Å². The van der Waals surface area contributed by atoms with Crippen molar-refractivity contribution in [1.82, 2.24) is 9.80 Å². The molecule has 0 unspecified atom stereocenters. The van der Waals surface area contributed by atoms with Gasteiger partial charge in [0.25, 0.3) is 0 Å². The fourth-order valence-electron chi connectivity index (χ4n) is 3.07. The highest BCUT2D eigenvalue weighted by Gasteiger charge is 2.24. The van der Waals surface area contributed by atoms with Crippen LogP contribution in [0.5, 0.6) is 0 Å². The van der Waals surface area contributed by atoms with E-state index in [4.69, 9.17) is 16.6 Å². The maximum atomic E-state index is 6.18. The van der Waals surface area contributed by atoms with Gasteiger partial charge < -0.3 is 9.80 Å². The van der Waals surface area contributed by atoms with Crippen LogP contribution in [0.4, 0.5) is 5.69 Å². The van der Waals surface area contributed by atoms with Gasteiger partial charge in [-0.2, -0.15) is 0 Å². The van der Waals surface area contributed by atoms with Crippen molar-refractivity contribution in [3.8, 4) is 0 Å². The summed E-state index contributed by atoms with van der Waals surface area (Å²) in [5.41, 5.74) is 3.57. The van der Waals surface area contributed by atoms with Crippen molar-refractivity contribution in [3.63, 3.8) is 0 Å². The summed E-state index contributed by atoms with van der Waals surface area (Å²) in [5.74, 6) is 1.12. The van der Waals surface area contributed by atoms with E-state index in [2.05, 4.69) is 34.4 Å². The van der Waals surface area contributed by atoms with Crippen LogP contribution in [0.3, 0.4) is 0 Å². The zero-order valence-corrected chi connectivity index (χ0v) is 14.1. The van der Waals surface area contributed by atoms with Crippen molar-refractivity contribution in [2.75, 3.05) is 33.2 Å². The molecule has 0 spiro atoms. The van der Waals surface area contributed by atoms with Crippen molar-refractivity contribution in [2.24, 2.45) is 4.99 Å². The molecule has 0 aliphatic carbocycles. The van der Waals surface area contributed by atoms with Crippen molar-refractivity contribution < 1.29 is 0 Å². The Balaban J connectivity index is 1.80. The van der Waals surface area contributed by atoms with Crippen LogP contribution in [0.25, 0.3) is 0 Å². The van der Waals surface area contributed by atoms with Crippen LogP contribution < -0.4 is 0 Å². The lowest BCUT2D eigenvalue weighted by Crippen LogP contribution is -2.47. The highest BCUT2D eigenvalue weighted by atomic mass is 35.5. The number of nitrogens with zero attached hydrogens (tertiary/aromatic N) is 3. The molecular weight excluding hydrogens is 314 g/mol. The predicted octanol–water partition coefficient (Wildman–Crippen LogP) is 3.63. The third-order valence-electron chi connectivity index (χ3n) is 4.41. The number of halogens is 1. The number of amidine groups is 1. The van der Waals surface area contributed by atoms with Gasteiger partial charge in [-0.05, 0) is 36.2 Å². The minimum atomic E-state index is 0.755. The van der Waals surface area contributed by atoms with Crippen LogP contribution in [-0.4, -0.2) is 48.9 Å². The van der Waals surface area contributed by atoms with Crippen LogP contribution in [0.1, 0.15) is 16.0 Å². The number of fused-ring (bicyclic) bond motifs is 2. The van der Waals surface area contributed by atoms with Crippen molar-refractivity contribution >= 4 is 34.5 Å². The molecular formula is C17H18ClN3S. The van der Waals surface area contributed by atoms with E-state index >= 15 is 0 Å². The molecule has 3 heterocycles. The van der Waals surface area contributed by atoms with Crippen molar-refractivity contribution in [3.05, 3.63) is 50.7 Å². The van der Waals surface area contributed by atoms with Crippen molar-refractivity contribution in [1.29, 1.82) is 0 Å². The van der Waals surface area contributed by atoms with E-state index in [1.54, 1.807) is 0 Å². The van der Waals surface area contributed by atoms with Gasteiger partial charge >= 0.3 is 0 Å². The maximum absolute atomic E-state index is 6.18. The molecule has 22 heavy (non-hydrogen) atoms. The molecule has 1 saturated heterocycles. The van der Waals surface area contributed by atoms with Gasteiger partial charge in [-0.3, -0.25) is 0 Å². The van der Waals surface area contributed by atoms with E-state index < -0.39 is 0 Å². The molecule has 1 aromatic carbocycles. The number of rotatable bonds is 0. The third-order valence-corrected chi connectivity index (χ3v) is 5.57. The summed E-state index contributed by atoms with van der Waals surface area (Å²) in [4.78, 5) is 11.2. The zero-order chi connectivity index (χ0) is 15.1.